The Morgan fingerprint density at radius 2 is 2.39 bits per heavy atom. The number of amides is 1. The van der Waals surface area contributed by atoms with Gasteiger partial charge in [0.05, 0.1) is 11.7 Å². The van der Waals surface area contributed by atoms with Crippen LogP contribution >= 0.6 is 11.5 Å². The molecule has 1 fully saturated rings. The molecule has 1 aliphatic heterocycles. The number of carbonyl (C=O) groups excluding carboxylic acids is 1. The van der Waals surface area contributed by atoms with Gasteiger partial charge in [-0.25, -0.2) is 4.98 Å². The molecule has 0 aliphatic carbocycles. The van der Waals surface area contributed by atoms with E-state index in [1.807, 2.05) is 24.1 Å². The Morgan fingerprint density at radius 1 is 1.52 bits per heavy atom. The van der Waals surface area contributed by atoms with Gasteiger partial charge in [0.15, 0.2) is 0 Å². The number of likely N-dealkylation sites (tertiary alicyclic amines) is 1. The van der Waals surface area contributed by atoms with Crippen molar-refractivity contribution in [1.82, 2.24) is 19.5 Å². The predicted molar refractivity (Wildman–Crippen MR) is 90.7 cm³/mol. The molecule has 0 aromatic carbocycles. The van der Waals surface area contributed by atoms with Crippen LogP contribution in [-0.2, 0) is 6.42 Å². The first-order valence-corrected chi connectivity index (χ1v) is 8.77. The molecule has 0 saturated carbocycles. The van der Waals surface area contributed by atoms with E-state index in [9.17, 15) is 4.79 Å². The lowest BCUT2D eigenvalue weighted by atomic mass is 10.1. The molecule has 2 aromatic rings. The third-order valence-electron chi connectivity index (χ3n) is 4.18. The molecule has 3 rings (SSSR count). The van der Waals surface area contributed by atoms with Crippen molar-refractivity contribution in [3.8, 4) is 0 Å². The topological polar surface area (TPSA) is 71.0 Å². The van der Waals surface area contributed by atoms with Gasteiger partial charge in [-0.05, 0) is 48.5 Å². The van der Waals surface area contributed by atoms with Crippen molar-refractivity contribution < 1.29 is 4.79 Å². The number of carbonyl (C=O) groups is 1. The fourth-order valence-electron chi connectivity index (χ4n) is 3.05. The predicted octanol–water partition coefficient (Wildman–Crippen LogP) is 2.90. The largest absolute Gasteiger partial charge is 0.373 e. The van der Waals surface area contributed by atoms with Crippen LogP contribution in [0.1, 0.15) is 53.2 Å². The second-order valence-corrected chi connectivity index (χ2v) is 6.43. The van der Waals surface area contributed by atoms with Crippen molar-refractivity contribution in [2.45, 2.75) is 38.6 Å². The van der Waals surface area contributed by atoms with Gasteiger partial charge in [0.25, 0.3) is 5.91 Å². The van der Waals surface area contributed by atoms with E-state index >= 15 is 0 Å². The second kappa shape index (κ2) is 7.04. The molecule has 0 radical (unpaired) electrons. The second-order valence-electron chi connectivity index (χ2n) is 5.68. The number of anilines is 1. The van der Waals surface area contributed by atoms with Crippen LogP contribution in [0.3, 0.4) is 0 Å². The first-order chi connectivity index (χ1) is 11.2. The quantitative estimate of drug-likeness (QED) is 0.912. The van der Waals surface area contributed by atoms with Gasteiger partial charge in [0.1, 0.15) is 10.7 Å². The van der Waals surface area contributed by atoms with Crippen LogP contribution in [0.5, 0.6) is 0 Å². The van der Waals surface area contributed by atoms with Gasteiger partial charge >= 0.3 is 0 Å². The number of hydrogen-bond acceptors (Lipinski definition) is 6. The lowest BCUT2D eigenvalue weighted by molar-refractivity contribution is 0.0739. The first-order valence-electron chi connectivity index (χ1n) is 8.00. The summed E-state index contributed by atoms with van der Waals surface area (Å²) in [5.41, 5.74) is 1.96. The highest BCUT2D eigenvalue weighted by atomic mass is 32.1. The highest BCUT2D eigenvalue weighted by Gasteiger charge is 2.33. The third-order valence-corrected chi connectivity index (χ3v) is 4.93. The number of aryl methyl sites for hydroxylation is 1. The minimum Gasteiger partial charge on any atom is -0.373 e. The van der Waals surface area contributed by atoms with Gasteiger partial charge in [-0.3, -0.25) is 4.79 Å². The molecule has 1 unspecified atom stereocenters. The zero-order valence-electron chi connectivity index (χ0n) is 13.5. The lowest BCUT2D eigenvalue weighted by Gasteiger charge is -2.25. The van der Waals surface area contributed by atoms with Gasteiger partial charge in [-0.2, -0.15) is 0 Å². The SMILES string of the molecule is CCCc1nnsc1C(=O)N1CCCC1c1ccnc(NC)c1. The molecule has 0 spiro atoms. The first kappa shape index (κ1) is 15.9. The molecule has 2 aromatic heterocycles. The highest BCUT2D eigenvalue weighted by Crippen LogP contribution is 2.34. The Morgan fingerprint density at radius 3 is 3.17 bits per heavy atom. The smallest absolute Gasteiger partial charge is 0.268 e. The molecular formula is C16H21N5OS. The molecule has 1 aliphatic rings. The number of aromatic nitrogens is 3. The summed E-state index contributed by atoms with van der Waals surface area (Å²) in [6.45, 7) is 2.87. The van der Waals surface area contributed by atoms with Crippen molar-refractivity contribution in [1.29, 1.82) is 0 Å². The molecule has 1 amide bonds. The molecule has 3 heterocycles. The zero-order valence-corrected chi connectivity index (χ0v) is 14.3. The summed E-state index contributed by atoms with van der Waals surface area (Å²) in [6.07, 6.45) is 5.55. The van der Waals surface area contributed by atoms with E-state index in [-0.39, 0.29) is 11.9 Å². The van der Waals surface area contributed by atoms with Crippen molar-refractivity contribution >= 4 is 23.3 Å². The number of hydrogen-bond donors (Lipinski definition) is 1. The minimum atomic E-state index is 0.0637. The Balaban J connectivity index is 1.86. The summed E-state index contributed by atoms with van der Waals surface area (Å²) in [4.78, 5) is 19.9. The molecule has 7 heteroatoms. The molecule has 23 heavy (non-hydrogen) atoms. The van der Waals surface area contributed by atoms with Crippen molar-refractivity contribution in [3.63, 3.8) is 0 Å². The van der Waals surface area contributed by atoms with Gasteiger partial charge < -0.3 is 10.2 Å². The molecular weight excluding hydrogens is 310 g/mol. The van der Waals surface area contributed by atoms with E-state index in [1.165, 1.54) is 11.5 Å². The fraction of sp³-hybridized carbons (Fsp3) is 0.500. The third kappa shape index (κ3) is 3.19. The Hall–Kier alpha value is -2.02. The molecule has 1 saturated heterocycles. The fourth-order valence-corrected chi connectivity index (χ4v) is 3.71. The van der Waals surface area contributed by atoms with Crippen LogP contribution in [0.2, 0.25) is 0 Å². The zero-order chi connectivity index (χ0) is 16.2. The van der Waals surface area contributed by atoms with Crippen LogP contribution in [0.25, 0.3) is 0 Å². The summed E-state index contributed by atoms with van der Waals surface area (Å²) >= 11 is 1.21. The van der Waals surface area contributed by atoms with E-state index in [0.29, 0.717) is 4.88 Å². The average molecular weight is 331 g/mol. The molecule has 122 valence electrons. The van der Waals surface area contributed by atoms with Crippen LogP contribution < -0.4 is 5.32 Å². The normalized spacial score (nSPS) is 17.5. The van der Waals surface area contributed by atoms with Gasteiger partial charge in [-0.15, -0.1) is 5.10 Å². The summed E-state index contributed by atoms with van der Waals surface area (Å²) in [5.74, 6) is 0.890. The number of rotatable bonds is 5. The number of pyridine rings is 1. The monoisotopic (exact) mass is 331 g/mol. The Labute approximate surface area is 140 Å². The van der Waals surface area contributed by atoms with E-state index in [4.69, 9.17) is 0 Å². The van der Waals surface area contributed by atoms with E-state index < -0.39 is 0 Å². The van der Waals surface area contributed by atoms with Crippen molar-refractivity contribution in [2.75, 3.05) is 18.9 Å². The summed E-state index contributed by atoms with van der Waals surface area (Å²) in [5, 5.41) is 7.18. The van der Waals surface area contributed by atoms with E-state index in [0.717, 1.165) is 49.3 Å². The number of nitrogens with one attached hydrogen (secondary N) is 1. The van der Waals surface area contributed by atoms with Crippen LogP contribution in [0.4, 0.5) is 5.82 Å². The molecule has 6 nitrogen and oxygen atoms in total. The summed E-state index contributed by atoms with van der Waals surface area (Å²) in [6, 6.07) is 4.12. The average Bonchev–Trinajstić information content (AvgIpc) is 3.24. The van der Waals surface area contributed by atoms with Gasteiger partial charge in [0.2, 0.25) is 0 Å². The van der Waals surface area contributed by atoms with Crippen molar-refractivity contribution in [3.05, 3.63) is 34.5 Å². The lowest BCUT2D eigenvalue weighted by Crippen LogP contribution is -2.30. The van der Waals surface area contributed by atoms with Crippen LogP contribution in [0, 0.1) is 0 Å². The maximum Gasteiger partial charge on any atom is 0.268 e. The minimum absolute atomic E-state index is 0.0637. The summed E-state index contributed by atoms with van der Waals surface area (Å²) < 4.78 is 3.98. The number of nitrogens with zero attached hydrogens (tertiary/aromatic N) is 4. The Kier molecular flexibility index (Phi) is 4.85. The van der Waals surface area contributed by atoms with E-state index in [2.05, 4.69) is 26.8 Å². The summed E-state index contributed by atoms with van der Waals surface area (Å²) in [7, 11) is 1.85. The molecule has 1 atom stereocenters. The Bertz CT molecular complexity index is 687. The van der Waals surface area contributed by atoms with Gasteiger partial charge in [0, 0.05) is 19.8 Å². The van der Waals surface area contributed by atoms with E-state index in [1.54, 1.807) is 6.20 Å². The highest BCUT2D eigenvalue weighted by molar-refractivity contribution is 7.08. The van der Waals surface area contributed by atoms with Crippen LogP contribution in [-0.4, -0.2) is 39.0 Å². The van der Waals surface area contributed by atoms with Crippen molar-refractivity contribution in [2.24, 2.45) is 0 Å². The van der Waals surface area contributed by atoms with Gasteiger partial charge in [-0.1, -0.05) is 17.8 Å². The standard InChI is InChI=1S/C16H21N5OS/c1-3-5-12-15(23-20-19-12)16(22)21-9-4-6-13(21)11-7-8-18-14(10-11)17-2/h7-8,10,13H,3-6,9H2,1-2H3,(H,17,18). The molecule has 1 N–H and O–H groups in total. The maximum absolute atomic E-state index is 13.0. The maximum atomic E-state index is 13.0. The molecule has 0 bridgehead atoms. The van der Waals surface area contributed by atoms with Crippen LogP contribution in [0.15, 0.2) is 18.3 Å².